The van der Waals surface area contributed by atoms with Crippen LogP contribution in [0, 0.1) is 13.8 Å². The zero-order valence-electron chi connectivity index (χ0n) is 8.34. The lowest BCUT2D eigenvalue weighted by Crippen LogP contribution is -1.89. The van der Waals surface area contributed by atoms with E-state index in [1.165, 1.54) is 16.0 Å². The van der Waals surface area contributed by atoms with Crippen LogP contribution in [0.3, 0.4) is 0 Å². The average molecular weight is 229 g/mol. The van der Waals surface area contributed by atoms with Gasteiger partial charge in [0.25, 0.3) is 0 Å². The van der Waals surface area contributed by atoms with E-state index < -0.39 is 0 Å². The molecule has 0 bridgehead atoms. The number of carbonyl (C=O) groups is 1. The van der Waals surface area contributed by atoms with Gasteiger partial charge in [0.05, 0.1) is 0 Å². The molecule has 1 rings (SSSR count). The Bertz CT molecular complexity index is 336. The minimum absolute atomic E-state index is 0.262. The molecule has 0 unspecified atom stereocenters. The SMILES string of the molecule is Cc1ccc(SCCC(=O)Cl)c(C)c1. The van der Waals surface area contributed by atoms with Crippen molar-refractivity contribution < 1.29 is 4.79 Å². The molecule has 0 N–H and O–H groups in total. The van der Waals surface area contributed by atoms with Crippen molar-refractivity contribution in [1.29, 1.82) is 0 Å². The molecule has 1 aromatic carbocycles. The molecule has 14 heavy (non-hydrogen) atoms. The number of halogens is 1. The maximum absolute atomic E-state index is 10.5. The molecule has 0 aliphatic rings. The van der Waals surface area contributed by atoms with E-state index in [1.807, 2.05) is 0 Å². The van der Waals surface area contributed by atoms with Crippen molar-refractivity contribution in [3.8, 4) is 0 Å². The van der Waals surface area contributed by atoms with Crippen LogP contribution in [0.2, 0.25) is 0 Å². The van der Waals surface area contributed by atoms with Gasteiger partial charge >= 0.3 is 0 Å². The van der Waals surface area contributed by atoms with E-state index in [2.05, 4.69) is 32.0 Å². The highest BCUT2D eigenvalue weighted by Crippen LogP contribution is 2.23. The molecule has 0 saturated heterocycles. The highest BCUT2D eigenvalue weighted by molar-refractivity contribution is 7.99. The number of rotatable bonds is 4. The van der Waals surface area contributed by atoms with Gasteiger partial charge in [-0.25, -0.2) is 0 Å². The largest absolute Gasteiger partial charge is 0.281 e. The summed E-state index contributed by atoms with van der Waals surface area (Å²) < 4.78 is 0. The molecule has 1 aromatic rings. The summed E-state index contributed by atoms with van der Waals surface area (Å²) in [6.07, 6.45) is 0.430. The Morgan fingerprint density at radius 2 is 2.14 bits per heavy atom. The van der Waals surface area contributed by atoms with Gasteiger partial charge in [-0.15, -0.1) is 11.8 Å². The molecule has 0 saturated carbocycles. The van der Waals surface area contributed by atoms with E-state index in [4.69, 9.17) is 11.6 Å². The first kappa shape index (κ1) is 11.6. The Kier molecular flexibility index (Phi) is 4.49. The molecule has 0 aromatic heterocycles. The van der Waals surface area contributed by atoms with E-state index in [0.29, 0.717) is 6.42 Å². The Morgan fingerprint density at radius 1 is 1.43 bits per heavy atom. The lowest BCUT2D eigenvalue weighted by Gasteiger charge is -2.05. The van der Waals surface area contributed by atoms with Gasteiger partial charge < -0.3 is 0 Å². The van der Waals surface area contributed by atoms with Crippen LogP contribution >= 0.6 is 23.4 Å². The smallest absolute Gasteiger partial charge is 0.222 e. The summed E-state index contributed by atoms with van der Waals surface area (Å²) in [6.45, 7) is 4.15. The van der Waals surface area contributed by atoms with Gasteiger partial charge in [0.15, 0.2) is 0 Å². The molecule has 0 amide bonds. The lowest BCUT2D eigenvalue weighted by atomic mass is 10.2. The maximum Gasteiger partial charge on any atom is 0.222 e. The van der Waals surface area contributed by atoms with Crippen molar-refractivity contribution in [2.45, 2.75) is 25.2 Å². The Morgan fingerprint density at radius 3 is 2.71 bits per heavy atom. The predicted molar refractivity (Wildman–Crippen MR) is 62.1 cm³/mol. The minimum atomic E-state index is -0.262. The Labute approximate surface area is 93.8 Å². The molecule has 0 spiro atoms. The fourth-order valence-electron chi connectivity index (χ4n) is 1.20. The second-order valence-corrected chi connectivity index (χ2v) is 4.78. The van der Waals surface area contributed by atoms with E-state index in [9.17, 15) is 4.79 Å². The topological polar surface area (TPSA) is 17.1 Å². The molecule has 0 aliphatic heterocycles. The summed E-state index contributed by atoms with van der Waals surface area (Å²) in [4.78, 5) is 11.8. The van der Waals surface area contributed by atoms with Crippen molar-refractivity contribution in [1.82, 2.24) is 0 Å². The Balaban J connectivity index is 2.55. The van der Waals surface area contributed by atoms with Crippen LogP contribution in [0.5, 0.6) is 0 Å². The van der Waals surface area contributed by atoms with Crippen LogP contribution in [0.4, 0.5) is 0 Å². The molecular weight excluding hydrogens is 216 g/mol. The second kappa shape index (κ2) is 5.42. The minimum Gasteiger partial charge on any atom is -0.281 e. The summed E-state index contributed by atoms with van der Waals surface area (Å²) in [6, 6.07) is 6.32. The van der Waals surface area contributed by atoms with Crippen molar-refractivity contribution in [2.24, 2.45) is 0 Å². The van der Waals surface area contributed by atoms with Gasteiger partial charge in [-0.1, -0.05) is 17.7 Å². The van der Waals surface area contributed by atoms with E-state index in [-0.39, 0.29) is 5.24 Å². The van der Waals surface area contributed by atoms with Crippen molar-refractivity contribution in [3.63, 3.8) is 0 Å². The Hall–Kier alpha value is -0.470. The van der Waals surface area contributed by atoms with Crippen molar-refractivity contribution >= 4 is 28.6 Å². The number of hydrogen-bond donors (Lipinski definition) is 0. The zero-order valence-corrected chi connectivity index (χ0v) is 9.91. The van der Waals surface area contributed by atoms with Crippen LogP contribution in [0.1, 0.15) is 17.5 Å². The first-order chi connectivity index (χ1) is 6.59. The fourth-order valence-corrected chi connectivity index (χ4v) is 2.37. The van der Waals surface area contributed by atoms with Crippen LogP contribution in [0.25, 0.3) is 0 Å². The van der Waals surface area contributed by atoms with Crippen molar-refractivity contribution in [3.05, 3.63) is 29.3 Å². The number of carbonyl (C=O) groups excluding carboxylic acids is 1. The fraction of sp³-hybridized carbons (Fsp3) is 0.364. The predicted octanol–water partition coefficient (Wildman–Crippen LogP) is 3.55. The van der Waals surface area contributed by atoms with E-state index in [0.717, 1.165) is 5.75 Å². The van der Waals surface area contributed by atoms with Crippen LogP contribution in [-0.2, 0) is 4.79 Å². The number of aryl methyl sites for hydroxylation is 2. The van der Waals surface area contributed by atoms with Gasteiger partial charge in [0.1, 0.15) is 0 Å². The van der Waals surface area contributed by atoms with Crippen LogP contribution in [0.15, 0.2) is 23.1 Å². The normalized spacial score (nSPS) is 10.2. The summed E-state index contributed by atoms with van der Waals surface area (Å²) in [5.74, 6) is 0.756. The second-order valence-electron chi connectivity index (χ2n) is 3.22. The maximum atomic E-state index is 10.5. The highest BCUT2D eigenvalue weighted by atomic mass is 35.5. The molecule has 76 valence electrons. The zero-order chi connectivity index (χ0) is 10.6. The summed E-state index contributed by atoms with van der Waals surface area (Å²) in [5, 5.41) is -0.262. The molecule has 3 heteroatoms. The van der Waals surface area contributed by atoms with Gasteiger partial charge in [0, 0.05) is 17.1 Å². The molecule has 0 fully saturated rings. The number of thioether (sulfide) groups is 1. The third-order valence-electron chi connectivity index (χ3n) is 1.89. The van der Waals surface area contributed by atoms with Gasteiger partial charge in [0.2, 0.25) is 5.24 Å². The molecular formula is C11H13ClOS. The third kappa shape index (κ3) is 3.72. The molecule has 1 nitrogen and oxygen atoms in total. The third-order valence-corrected chi connectivity index (χ3v) is 3.25. The first-order valence-corrected chi connectivity index (χ1v) is 5.84. The van der Waals surface area contributed by atoms with Gasteiger partial charge in [-0.05, 0) is 37.1 Å². The number of hydrogen-bond acceptors (Lipinski definition) is 2. The van der Waals surface area contributed by atoms with Gasteiger partial charge in [-0.2, -0.15) is 0 Å². The monoisotopic (exact) mass is 228 g/mol. The van der Waals surface area contributed by atoms with Gasteiger partial charge in [-0.3, -0.25) is 4.79 Å². The van der Waals surface area contributed by atoms with E-state index in [1.54, 1.807) is 11.8 Å². The quantitative estimate of drug-likeness (QED) is 0.579. The summed E-state index contributed by atoms with van der Waals surface area (Å²) >= 11 is 6.94. The van der Waals surface area contributed by atoms with Crippen LogP contribution in [-0.4, -0.2) is 11.0 Å². The number of benzene rings is 1. The average Bonchev–Trinajstić information content (AvgIpc) is 2.08. The van der Waals surface area contributed by atoms with Crippen LogP contribution < -0.4 is 0 Å². The first-order valence-electron chi connectivity index (χ1n) is 4.48. The standard InChI is InChI=1S/C11H13ClOS/c1-8-3-4-10(9(2)7-8)14-6-5-11(12)13/h3-4,7H,5-6H2,1-2H3. The van der Waals surface area contributed by atoms with Crippen molar-refractivity contribution in [2.75, 3.05) is 5.75 Å². The summed E-state index contributed by atoms with van der Waals surface area (Å²) in [7, 11) is 0. The highest BCUT2D eigenvalue weighted by Gasteiger charge is 2.01. The molecule has 0 radical (unpaired) electrons. The van der Waals surface area contributed by atoms with E-state index >= 15 is 0 Å². The lowest BCUT2D eigenvalue weighted by molar-refractivity contribution is -0.111. The molecule has 0 heterocycles. The molecule has 0 atom stereocenters. The molecule has 0 aliphatic carbocycles. The summed E-state index contributed by atoms with van der Waals surface area (Å²) in [5.41, 5.74) is 2.53.